The molecule has 0 aromatic carbocycles. The molecular formula is C10H21N2O3PS. The predicted octanol–water partition coefficient (Wildman–Crippen LogP) is 2.14. The molecule has 17 heavy (non-hydrogen) atoms. The third kappa shape index (κ3) is 7.82. The first kappa shape index (κ1) is 15.0. The van der Waals surface area contributed by atoms with Crippen LogP contribution in [0.1, 0.15) is 38.5 Å². The van der Waals surface area contributed by atoms with Gasteiger partial charge in [-0.25, -0.2) is 4.57 Å². The number of rotatable bonds is 5. The maximum absolute atomic E-state index is 10.6. The highest BCUT2D eigenvalue weighted by atomic mass is 32.7. The van der Waals surface area contributed by atoms with Gasteiger partial charge in [0.05, 0.1) is 5.75 Å². The van der Waals surface area contributed by atoms with Crippen molar-refractivity contribution in [1.82, 2.24) is 0 Å². The minimum atomic E-state index is -4.03. The van der Waals surface area contributed by atoms with Crippen LogP contribution in [-0.4, -0.2) is 27.9 Å². The first-order chi connectivity index (χ1) is 7.97. The maximum atomic E-state index is 10.6. The summed E-state index contributed by atoms with van der Waals surface area (Å²) in [6.45, 7) is -3.32. The van der Waals surface area contributed by atoms with Crippen molar-refractivity contribution >= 4 is 24.0 Å². The van der Waals surface area contributed by atoms with Crippen LogP contribution in [0.3, 0.4) is 0 Å². The fourth-order valence-corrected chi connectivity index (χ4v) is 3.28. The topological polar surface area (TPSA) is 95.9 Å². The Labute approximate surface area is 106 Å². The summed E-state index contributed by atoms with van der Waals surface area (Å²) in [5.74, 6) is 1.04. The van der Waals surface area contributed by atoms with E-state index in [-0.39, 0.29) is 5.75 Å². The molecule has 0 atom stereocenters. The fourth-order valence-electron chi connectivity index (χ4n) is 1.99. The van der Waals surface area contributed by atoms with Crippen molar-refractivity contribution in [2.24, 2.45) is 16.6 Å². The molecule has 0 spiro atoms. The van der Waals surface area contributed by atoms with E-state index in [1.54, 1.807) is 0 Å². The van der Waals surface area contributed by atoms with E-state index >= 15 is 0 Å². The van der Waals surface area contributed by atoms with Crippen molar-refractivity contribution in [3.05, 3.63) is 0 Å². The van der Waals surface area contributed by atoms with Crippen molar-refractivity contribution in [3.63, 3.8) is 0 Å². The molecule has 0 bridgehead atoms. The third-order valence-electron chi connectivity index (χ3n) is 2.91. The van der Waals surface area contributed by atoms with Crippen molar-refractivity contribution in [2.45, 2.75) is 38.5 Å². The zero-order chi connectivity index (χ0) is 12.7. The highest BCUT2D eigenvalue weighted by Gasteiger charge is 2.15. The lowest BCUT2D eigenvalue weighted by molar-refractivity contribution is 0.397. The Morgan fingerprint density at radius 3 is 2.41 bits per heavy atom. The van der Waals surface area contributed by atoms with Gasteiger partial charge in [0.1, 0.15) is 5.84 Å². The Bertz CT molecular complexity index is 298. The number of amidine groups is 1. The maximum Gasteiger partial charge on any atom is 0.384 e. The highest BCUT2D eigenvalue weighted by Crippen LogP contribution is 2.49. The summed E-state index contributed by atoms with van der Waals surface area (Å²) < 4.78 is 10.6. The Hall–Kier alpha value is -0.0300. The standard InChI is InChI=1S/C10H21N2O3PS/c11-10(8-17-16(13,14)15)12-7-9-5-3-1-2-4-6-9/h9H,1-8H2,(H2,11,12)(H2,13,14,15). The van der Waals surface area contributed by atoms with E-state index < -0.39 is 6.80 Å². The van der Waals surface area contributed by atoms with E-state index in [0.717, 1.165) is 0 Å². The van der Waals surface area contributed by atoms with E-state index in [9.17, 15) is 4.57 Å². The lowest BCUT2D eigenvalue weighted by atomic mass is 10.0. The molecule has 0 unspecified atom stereocenters. The Morgan fingerprint density at radius 1 is 1.29 bits per heavy atom. The molecule has 1 saturated carbocycles. The first-order valence-corrected chi connectivity index (χ1v) is 9.16. The second-order valence-electron chi connectivity index (χ2n) is 4.45. The molecule has 0 aliphatic heterocycles. The average Bonchev–Trinajstić information content (AvgIpc) is 2.51. The molecule has 0 heterocycles. The van der Waals surface area contributed by atoms with Gasteiger partial charge in [-0.2, -0.15) is 0 Å². The van der Waals surface area contributed by atoms with Gasteiger partial charge in [-0.1, -0.05) is 25.7 Å². The zero-order valence-electron chi connectivity index (χ0n) is 9.92. The summed E-state index contributed by atoms with van der Waals surface area (Å²) in [7, 11) is 0. The quantitative estimate of drug-likeness (QED) is 0.310. The van der Waals surface area contributed by atoms with Gasteiger partial charge < -0.3 is 15.5 Å². The molecule has 100 valence electrons. The van der Waals surface area contributed by atoms with E-state index in [4.69, 9.17) is 15.5 Å². The molecule has 4 N–H and O–H groups in total. The zero-order valence-corrected chi connectivity index (χ0v) is 11.6. The second kappa shape index (κ2) is 7.41. The smallest absolute Gasteiger partial charge is 0.384 e. The van der Waals surface area contributed by atoms with Gasteiger partial charge in [0.2, 0.25) is 0 Å². The van der Waals surface area contributed by atoms with Crippen LogP contribution in [0.4, 0.5) is 0 Å². The van der Waals surface area contributed by atoms with Gasteiger partial charge in [-0.15, -0.1) is 0 Å². The van der Waals surface area contributed by atoms with Crippen LogP contribution in [0.5, 0.6) is 0 Å². The first-order valence-electron chi connectivity index (χ1n) is 5.96. The molecule has 0 aromatic rings. The van der Waals surface area contributed by atoms with Gasteiger partial charge in [-0.3, -0.25) is 4.99 Å². The third-order valence-corrected chi connectivity index (χ3v) is 5.07. The summed E-state index contributed by atoms with van der Waals surface area (Å²) in [5, 5.41) is 0. The largest absolute Gasteiger partial charge is 0.387 e. The van der Waals surface area contributed by atoms with Crippen LogP contribution in [0.25, 0.3) is 0 Å². The molecule has 1 aliphatic carbocycles. The summed E-state index contributed by atoms with van der Waals surface area (Å²) in [6, 6.07) is 0. The highest BCUT2D eigenvalue weighted by molar-refractivity contribution is 8.54. The van der Waals surface area contributed by atoms with Gasteiger partial charge in [0.15, 0.2) is 0 Å². The monoisotopic (exact) mass is 280 g/mol. The summed E-state index contributed by atoms with van der Waals surface area (Å²) in [5.41, 5.74) is 5.62. The lowest BCUT2D eigenvalue weighted by Crippen LogP contribution is -2.17. The number of nitrogens with two attached hydrogens (primary N) is 1. The number of aliphatic imine (C=N–C) groups is 1. The normalized spacial score (nSPS) is 20.2. The van der Waals surface area contributed by atoms with Crippen molar-refractivity contribution in [2.75, 3.05) is 12.3 Å². The second-order valence-corrected chi connectivity index (χ2v) is 8.18. The molecule has 7 heteroatoms. The van der Waals surface area contributed by atoms with Gasteiger partial charge >= 0.3 is 6.80 Å². The van der Waals surface area contributed by atoms with Crippen molar-refractivity contribution < 1.29 is 14.4 Å². The van der Waals surface area contributed by atoms with Crippen LogP contribution in [0.15, 0.2) is 4.99 Å². The van der Waals surface area contributed by atoms with Gasteiger partial charge in [0.25, 0.3) is 0 Å². The minimum absolute atomic E-state index is 0.108. The minimum Gasteiger partial charge on any atom is -0.387 e. The van der Waals surface area contributed by atoms with Crippen LogP contribution in [-0.2, 0) is 4.57 Å². The predicted molar refractivity (Wildman–Crippen MR) is 72.2 cm³/mol. The van der Waals surface area contributed by atoms with E-state index in [1.165, 1.54) is 38.5 Å². The lowest BCUT2D eigenvalue weighted by Gasteiger charge is -2.11. The Morgan fingerprint density at radius 2 is 1.88 bits per heavy atom. The molecule has 0 radical (unpaired) electrons. The van der Waals surface area contributed by atoms with Crippen LogP contribution in [0, 0.1) is 5.92 Å². The molecule has 1 aliphatic rings. The van der Waals surface area contributed by atoms with E-state index in [0.29, 0.717) is 29.7 Å². The molecule has 1 fully saturated rings. The van der Waals surface area contributed by atoms with Crippen LogP contribution in [0.2, 0.25) is 0 Å². The summed E-state index contributed by atoms with van der Waals surface area (Å²) in [6.07, 6.45) is 7.53. The number of nitrogens with zero attached hydrogens (tertiary/aromatic N) is 1. The molecule has 0 amide bonds. The van der Waals surface area contributed by atoms with Gasteiger partial charge in [0, 0.05) is 6.54 Å². The van der Waals surface area contributed by atoms with Crippen molar-refractivity contribution in [1.29, 1.82) is 0 Å². The van der Waals surface area contributed by atoms with Gasteiger partial charge in [-0.05, 0) is 30.1 Å². The Balaban J connectivity index is 2.28. The fraction of sp³-hybridized carbons (Fsp3) is 0.900. The van der Waals surface area contributed by atoms with Crippen LogP contribution < -0.4 is 5.73 Å². The van der Waals surface area contributed by atoms with Crippen LogP contribution >= 0.6 is 18.2 Å². The summed E-state index contributed by atoms with van der Waals surface area (Å²) >= 11 is 0.543. The van der Waals surface area contributed by atoms with E-state index in [1.807, 2.05) is 0 Å². The van der Waals surface area contributed by atoms with Crippen molar-refractivity contribution in [3.8, 4) is 0 Å². The molecule has 0 saturated heterocycles. The molecule has 5 nitrogen and oxygen atoms in total. The molecular weight excluding hydrogens is 259 g/mol. The molecule has 0 aromatic heterocycles. The SMILES string of the molecule is NC(CSP(=O)(O)O)=NCC1CCCCCC1. The van der Waals surface area contributed by atoms with E-state index in [2.05, 4.69) is 4.99 Å². The number of hydrogen-bond acceptors (Lipinski definition) is 3. The number of hydrogen-bond donors (Lipinski definition) is 3. The summed E-state index contributed by atoms with van der Waals surface area (Å²) in [4.78, 5) is 21.6. The Kier molecular flexibility index (Phi) is 6.55. The average molecular weight is 280 g/mol. The molecule has 1 rings (SSSR count).